The van der Waals surface area contributed by atoms with Crippen LogP contribution < -0.4 is 10.0 Å². The lowest BCUT2D eigenvalue weighted by Gasteiger charge is -2.09. The lowest BCUT2D eigenvalue weighted by molar-refractivity contribution is 0.417. The first-order chi connectivity index (χ1) is 9.56. The van der Waals surface area contributed by atoms with Crippen LogP contribution in [-0.4, -0.2) is 15.5 Å². The molecule has 1 heterocycles. The van der Waals surface area contributed by atoms with Crippen molar-refractivity contribution in [1.29, 1.82) is 0 Å². The Bertz CT molecular complexity index is 677. The minimum absolute atomic E-state index is 0.0689. The summed E-state index contributed by atoms with van der Waals surface area (Å²) in [5.41, 5.74) is 2.24. The molecular weight excluding hydrogens is 276 g/mol. The maximum atomic E-state index is 11.6. The largest absolute Gasteiger partial charge is 0.446 e. The molecule has 0 atom stereocenters. The van der Waals surface area contributed by atoms with Crippen molar-refractivity contribution in [1.82, 2.24) is 4.72 Å². The van der Waals surface area contributed by atoms with Gasteiger partial charge in [0.2, 0.25) is 5.09 Å². The van der Waals surface area contributed by atoms with E-state index in [0.717, 1.165) is 12.1 Å². The number of benzene rings is 1. The number of furan rings is 1. The maximum absolute atomic E-state index is 11.6. The van der Waals surface area contributed by atoms with E-state index in [1.165, 1.54) is 18.7 Å². The van der Waals surface area contributed by atoms with E-state index in [1.54, 1.807) is 6.07 Å². The Morgan fingerprint density at radius 3 is 2.60 bits per heavy atom. The summed E-state index contributed by atoms with van der Waals surface area (Å²) in [4.78, 5) is 0. The van der Waals surface area contributed by atoms with Gasteiger partial charge in [0.15, 0.2) is 0 Å². The van der Waals surface area contributed by atoms with E-state index in [9.17, 15) is 8.42 Å². The molecule has 0 unspecified atom stereocenters. The van der Waals surface area contributed by atoms with Gasteiger partial charge < -0.3 is 9.73 Å². The molecule has 5 nitrogen and oxygen atoms in total. The Morgan fingerprint density at radius 1 is 1.15 bits per heavy atom. The monoisotopic (exact) mass is 294 g/mol. The summed E-state index contributed by atoms with van der Waals surface area (Å²) in [6.45, 7) is 2.53. The van der Waals surface area contributed by atoms with E-state index in [0.29, 0.717) is 12.3 Å². The van der Waals surface area contributed by atoms with Crippen LogP contribution >= 0.6 is 0 Å². The normalized spacial score (nSPS) is 11.5. The zero-order valence-corrected chi connectivity index (χ0v) is 12.3. The minimum Gasteiger partial charge on any atom is -0.446 e. The molecule has 108 valence electrons. The Morgan fingerprint density at radius 2 is 1.90 bits per heavy atom. The smallest absolute Gasteiger partial charge is 0.273 e. The molecule has 1 aromatic carbocycles. The fourth-order valence-corrected chi connectivity index (χ4v) is 2.55. The molecule has 0 saturated carbocycles. The highest BCUT2D eigenvalue weighted by Gasteiger charge is 2.16. The van der Waals surface area contributed by atoms with Gasteiger partial charge in [-0.15, -0.1) is 0 Å². The number of anilines is 1. The zero-order chi connectivity index (χ0) is 14.6. The molecule has 20 heavy (non-hydrogen) atoms. The van der Waals surface area contributed by atoms with Gasteiger partial charge in [0.25, 0.3) is 10.0 Å². The highest BCUT2D eigenvalue weighted by Crippen LogP contribution is 2.18. The topological polar surface area (TPSA) is 71.3 Å². The second-order valence-electron chi connectivity index (χ2n) is 4.29. The second-order valence-corrected chi connectivity index (χ2v) is 6.11. The standard InChI is InChI=1S/C14H18N2O3S/c1-3-11-6-4-5-7-13(11)16-10-12-8-9-14(19-12)20(17,18)15-2/h4-9,15-16H,3,10H2,1-2H3. The van der Waals surface area contributed by atoms with Crippen LogP contribution in [0.5, 0.6) is 0 Å². The van der Waals surface area contributed by atoms with Gasteiger partial charge in [-0.2, -0.15) is 0 Å². The number of hydrogen-bond donors (Lipinski definition) is 2. The van der Waals surface area contributed by atoms with Gasteiger partial charge >= 0.3 is 0 Å². The lowest BCUT2D eigenvalue weighted by atomic mass is 10.1. The summed E-state index contributed by atoms with van der Waals surface area (Å²) in [5.74, 6) is 0.574. The van der Waals surface area contributed by atoms with Crippen LogP contribution in [0.1, 0.15) is 18.2 Å². The number of hydrogen-bond acceptors (Lipinski definition) is 4. The molecule has 1 aromatic heterocycles. The minimum atomic E-state index is -3.52. The molecule has 2 rings (SSSR count). The summed E-state index contributed by atoms with van der Waals surface area (Å²) in [7, 11) is -2.16. The summed E-state index contributed by atoms with van der Waals surface area (Å²) >= 11 is 0. The molecule has 0 aliphatic carbocycles. The number of para-hydroxylation sites is 1. The maximum Gasteiger partial charge on any atom is 0.273 e. The molecule has 6 heteroatoms. The summed E-state index contributed by atoms with van der Waals surface area (Å²) < 4.78 is 30.7. The molecule has 0 aliphatic rings. The quantitative estimate of drug-likeness (QED) is 0.858. The first-order valence-electron chi connectivity index (χ1n) is 6.41. The van der Waals surface area contributed by atoms with E-state index >= 15 is 0 Å². The highest BCUT2D eigenvalue weighted by atomic mass is 32.2. The highest BCUT2D eigenvalue weighted by molar-refractivity contribution is 7.89. The molecule has 0 fully saturated rings. The fourth-order valence-electron chi connectivity index (χ4n) is 1.88. The molecule has 0 saturated heterocycles. The van der Waals surface area contributed by atoms with E-state index < -0.39 is 10.0 Å². The molecule has 2 N–H and O–H groups in total. The third kappa shape index (κ3) is 3.20. The first kappa shape index (κ1) is 14.6. The van der Waals surface area contributed by atoms with Crippen LogP contribution in [-0.2, 0) is 23.0 Å². The van der Waals surface area contributed by atoms with E-state index in [4.69, 9.17) is 4.42 Å². The van der Waals surface area contributed by atoms with Crippen molar-refractivity contribution >= 4 is 15.7 Å². The van der Waals surface area contributed by atoms with Crippen molar-refractivity contribution in [2.75, 3.05) is 12.4 Å². The second kappa shape index (κ2) is 6.11. The van der Waals surface area contributed by atoms with Crippen molar-refractivity contribution in [3.05, 3.63) is 47.7 Å². The van der Waals surface area contributed by atoms with Gasteiger partial charge in [-0.1, -0.05) is 25.1 Å². The van der Waals surface area contributed by atoms with Crippen molar-refractivity contribution < 1.29 is 12.8 Å². The zero-order valence-electron chi connectivity index (χ0n) is 11.5. The Hall–Kier alpha value is -1.79. The van der Waals surface area contributed by atoms with Gasteiger partial charge in [0, 0.05) is 5.69 Å². The molecule has 0 aliphatic heterocycles. The average molecular weight is 294 g/mol. The van der Waals surface area contributed by atoms with Gasteiger partial charge in [-0.3, -0.25) is 0 Å². The summed E-state index contributed by atoms with van der Waals surface area (Å²) in [5, 5.41) is 3.19. The third-order valence-corrected chi connectivity index (χ3v) is 4.31. The van der Waals surface area contributed by atoms with Crippen LogP contribution in [0.25, 0.3) is 0 Å². The van der Waals surface area contributed by atoms with Crippen LogP contribution in [0.3, 0.4) is 0 Å². The number of sulfonamides is 1. The van der Waals surface area contributed by atoms with Crippen molar-refractivity contribution in [2.24, 2.45) is 0 Å². The molecule has 0 radical (unpaired) electrons. The van der Waals surface area contributed by atoms with Crippen molar-refractivity contribution in [2.45, 2.75) is 25.0 Å². The van der Waals surface area contributed by atoms with E-state index in [2.05, 4.69) is 23.0 Å². The fraction of sp³-hybridized carbons (Fsp3) is 0.286. The van der Waals surface area contributed by atoms with Crippen LogP contribution in [0.2, 0.25) is 0 Å². The van der Waals surface area contributed by atoms with Gasteiger partial charge in [0.1, 0.15) is 5.76 Å². The van der Waals surface area contributed by atoms with Gasteiger partial charge in [-0.05, 0) is 37.2 Å². The number of aryl methyl sites for hydroxylation is 1. The van der Waals surface area contributed by atoms with Crippen LogP contribution in [0.15, 0.2) is 45.9 Å². The molecule has 0 amide bonds. The Kier molecular flexibility index (Phi) is 4.46. The molecule has 0 spiro atoms. The third-order valence-electron chi connectivity index (χ3n) is 3.02. The van der Waals surface area contributed by atoms with Gasteiger partial charge in [0.05, 0.1) is 6.54 Å². The van der Waals surface area contributed by atoms with Crippen LogP contribution in [0, 0.1) is 0 Å². The molecule has 0 bridgehead atoms. The van der Waals surface area contributed by atoms with E-state index in [1.807, 2.05) is 18.2 Å². The summed E-state index contributed by atoms with van der Waals surface area (Å²) in [6, 6.07) is 11.1. The molecule has 2 aromatic rings. The predicted octanol–water partition coefficient (Wildman–Crippen LogP) is 2.36. The predicted molar refractivity (Wildman–Crippen MR) is 78.1 cm³/mol. The summed E-state index contributed by atoms with van der Waals surface area (Å²) in [6.07, 6.45) is 0.931. The first-order valence-corrected chi connectivity index (χ1v) is 7.89. The number of rotatable bonds is 6. The lowest BCUT2D eigenvalue weighted by Crippen LogP contribution is -2.17. The number of nitrogens with one attached hydrogen (secondary N) is 2. The molecular formula is C14H18N2O3S. The Balaban J connectivity index is 2.09. The SMILES string of the molecule is CCc1ccccc1NCc1ccc(S(=O)(=O)NC)o1. The average Bonchev–Trinajstić information content (AvgIpc) is 2.95. The van der Waals surface area contributed by atoms with Crippen LogP contribution in [0.4, 0.5) is 5.69 Å². The Labute approximate surface area is 119 Å². The van der Waals surface area contributed by atoms with Crippen molar-refractivity contribution in [3.8, 4) is 0 Å². The van der Waals surface area contributed by atoms with E-state index in [-0.39, 0.29) is 5.09 Å². The van der Waals surface area contributed by atoms with Gasteiger partial charge in [-0.25, -0.2) is 13.1 Å². The van der Waals surface area contributed by atoms with Crippen molar-refractivity contribution in [3.63, 3.8) is 0 Å².